The van der Waals surface area contributed by atoms with E-state index in [1.165, 1.54) is 13.2 Å². The zero-order chi connectivity index (χ0) is 15.6. The molecule has 0 radical (unpaired) electrons. The van der Waals surface area contributed by atoms with Crippen LogP contribution in [0.3, 0.4) is 0 Å². The first-order valence-corrected chi connectivity index (χ1v) is 6.49. The third-order valence-electron chi connectivity index (χ3n) is 3.56. The Hall–Kier alpha value is -1.51. The lowest BCUT2D eigenvalue weighted by atomic mass is 9.89. The van der Waals surface area contributed by atoms with Gasteiger partial charge in [-0.2, -0.15) is 0 Å². The summed E-state index contributed by atoms with van der Waals surface area (Å²) >= 11 is 0. The van der Waals surface area contributed by atoms with Gasteiger partial charge in [0.15, 0.2) is 0 Å². The van der Waals surface area contributed by atoms with Gasteiger partial charge in [0.25, 0.3) is 0 Å². The number of ether oxygens (including phenoxy) is 2. The number of hydrogen-bond acceptors (Lipinski definition) is 7. The molecule has 0 saturated carbocycles. The van der Waals surface area contributed by atoms with Gasteiger partial charge in [0.05, 0.1) is 19.3 Å². The van der Waals surface area contributed by atoms with Gasteiger partial charge in [-0.25, -0.2) is 4.79 Å². The number of methoxy groups -OCH3 is 1. The van der Waals surface area contributed by atoms with Gasteiger partial charge in [0.1, 0.15) is 30.5 Å². The Morgan fingerprint density at radius 1 is 1.19 bits per heavy atom. The molecule has 116 valence electrons. The quantitative estimate of drug-likeness (QED) is 0.528. The fourth-order valence-corrected chi connectivity index (χ4v) is 2.40. The fraction of sp³-hybridized carbons (Fsp3) is 0.500. The Bertz CT molecular complexity index is 502. The maximum Gasteiger partial charge on any atom is 0.338 e. The molecule has 0 aliphatic carbocycles. The predicted octanol–water partition coefficient (Wildman–Crippen LogP) is -1.01. The van der Waals surface area contributed by atoms with Crippen LogP contribution in [-0.2, 0) is 9.47 Å². The van der Waals surface area contributed by atoms with Crippen LogP contribution in [0.4, 0.5) is 0 Å². The summed E-state index contributed by atoms with van der Waals surface area (Å²) in [6.45, 7) is -0.526. The first-order chi connectivity index (χ1) is 10.0. The zero-order valence-electron chi connectivity index (χ0n) is 11.4. The highest BCUT2D eigenvalue weighted by atomic mass is 16.5. The molecule has 0 aromatic heterocycles. The number of hydrogen-bond donors (Lipinski definition) is 4. The van der Waals surface area contributed by atoms with Crippen LogP contribution in [0, 0.1) is 0 Å². The number of benzene rings is 1. The molecule has 1 fully saturated rings. The molecule has 0 unspecified atom stereocenters. The molecular weight excluding hydrogens is 280 g/mol. The summed E-state index contributed by atoms with van der Waals surface area (Å²) < 4.78 is 10.1. The van der Waals surface area contributed by atoms with E-state index in [2.05, 4.69) is 4.74 Å². The molecule has 1 heterocycles. The van der Waals surface area contributed by atoms with Crippen molar-refractivity contribution in [1.29, 1.82) is 0 Å². The fourth-order valence-electron chi connectivity index (χ4n) is 2.40. The van der Waals surface area contributed by atoms with Crippen molar-refractivity contribution in [3.8, 4) is 0 Å². The van der Waals surface area contributed by atoms with Gasteiger partial charge in [-0.1, -0.05) is 18.2 Å². The molecule has 4 N–H and O–H groups in total. The first kappa shape index (κ1) is 15.9. The van der Waals surface area contributed by atoms with E-state index in [9.17, 15) is 25.2 Å². The van der Waals surface area contributed by atoms with Gasteiger partial charge in [0, 0.05) is 0 Å². The average Bonchev–Trinajstić information content (AvgIpc) is 2.52. The summed E-state index contributed by atoms with van der Waals surface area (Å²) in [5.74, 6) is -0.609. The standard InChI is InChI=1S/C14H18O7/c1-20-14(19)8-5-3-2-4-7(8)13-12(18)11(17)10(16)9(6-15)21-13/h2-5,9-13,15-18H,6H2,1H3/t9-,10-,11+,12-,13+/m1/s1. The number of carbonyl (C=O) groups is 1. The summed E-state index contributed by atoms with van der Waals surface area (Å²) in [7, 11) is 1.23. The molecule has 1 aromatic carbocycles. The van der Waals surface area contributed by atoms with Crippen LogP contribution in [0.5, 0.6) is 0 Å². The van der Waals surface area contributed by atoms with Crippen LogP contribution in [0.25, 0.3) is 0 Å². The lowest BCUT2D eigenvalue weighted by Crippen LogP contribution is -2.55. The van der Waals surface area contributed by atoms with Crippen molar-refractivity contribution >= 4 is 5.97 Å². The number of esters is 1. The highest BCUT2D eigenvalue weighted by Gasteiger charge is 2.44. The van der Waals surface area contributed by atoms with Crippen LogP contribution >= 0.6 is 0 Å². The second kappa shape index (κ2) is 6.50. The topological polar surface area (TPSA) is 116 Å². The first-order valence-electron chi connectivity index (χ1n) is 6.49. The summed E-state index contributed by atoms with van der Waals surface area (Å²) in [4.78, 5) is 11.8. The minimum absolute atomic E-state index is 0.185. The van der Waals surface area contributed by atoms with Crippen molar-refractivity contribution < 1.29 is 34.7 Å². The van der Waals surface area contributed by atoms with Gasteiger partial charge in [-0.15, -0.1) is 0 Å². The number of rotatable bonds is 3. The predicted molar refractivity (Wildman–Crippen MR) is 70.5 cm³/mol. The van der Waals surface area contributed by atoms with E-state index < -0.39 is 43.1 Å². The minimum atomic E-state index is -1.49. The highest BCUT2D eigenvalue weighted by molar-refractivity contribution is 5.91. The normalized spacial score (nSPS) is 32.7. The lowest BCUT2D eigenvalue weighted by molar-refractivity contribution is -0.231. The second-order valence-corrected chi connectivity index (χ2v) is 4.83. The van der Waals surface area contributed by atoms with E-state index in [4.69, 9.17) is 4.74 Å². The molecule has 7 nitrogen and oxygen atoms in total. The molecule has 1 aliphatic heterocycles. The zero-order valence-corrected chi connectivity index (χ0v) is 11.4. The molecule has 21 heavy (non-hydrogen) atoms. The van der Waals surface area contributed by atoms with E-state index in [1.54, 1.807) is 18.2 Å². The molecule has 1 aliphatic rings. The number of aliphatic hydroxyl groups excluding tert-OH is 4. The Kier molecular flexibility index (Phi) is 4.92. The van der Waals surface area contributed by atoms with Crippen LogP contribution in [0.1, 0.15) is 22.0 Å². The van der Waals surface area contributed by atoms with Crippen LogP contribution in [0.2, 0.25) is 0 Å². The van der Waals surface area contributed by atoms with Crippen molar-refractivity contribution in [2.24, 2.45) is 0 Å². The van der Waals surface area contributed by atoms with Crippen molar-refractivity contribution in [1.82, 2.24) is 0 Å². The summed E-state index contributed by atoms with van der Waals surface area (Å²) in [5, 5.41) is 38.8. The second-order valence-electron chi connectivity index (χ2n) is 4.83. The summed E-state index contributed by atoms with van der Waals surface area (Å²) in [5.41, 5.74) is 0.505. The molecule has 7 heteroatoms. The summed E-state index contributed by atoms with van der Waals surface area (Å²) in [6, 6.07) is 6.32. The Morgan fingerprint density at radius 3 is 2.48 bits per heavy atom. The van der Waals surface area contributed by atoms with Gasteiger partial charge in [-0.05, 0) is 11.6 Å². The average molecular weight is 298 g/mol. The van der Waals surface area contributed by atoms with Gasteiger partial charge >= 0.3 is 5.97 Å². The monoisotopic (exact) mass is 298 g/mol. The molecule has 0 spiro atoms. The Balaban J connectivity index is 2.39. The van der Waals surface area contributed by atoms with Crippen LogP contribution in [0.15, 0.2) is 24.3 Å². The molecule has 0 amide bonds. The van der Waals surface area contributed by atoms with Gasteiger partial charge < -0.3 is 29.9 Å². The lowest BCUT2D eigenvalue weighted by Gasteiger charge is -2.40. The number of aliphatic hydroxyl groups is 4. The highest BCUT2D eigenvalue weighted by Crippen LogP contribution is 2.34. The van der Waals surface area contributed by atoms with E-state index in [0.717, 1.165) is 0 Å². The third-order valence-corrected chi connectivity index (χ3v) is 3.56. The van der Waals surface area contributed by atoms with Gasteiger partial charge in [0.2, 0.25) is 0 Å². The molecule has 1 aromatic rings. The van der Waals surface area contributed by atoms with Gasteiger partial charge in [-0.3, -0.25) is 0 Å². The third kappa shape index (κ3) is 2.92. The van der Waals surface area contributed by atoms with Crippen molar-refractivity contribution in [3.63, 3.8) is 0 Å². The van der Waals surface area contributed by atoms with Crippen molar-refractivity contribution in [2.45, 2.75) is 30.5 Å². The SMILES string of the molecule is COC(=O)c1ccccc1[C@@H]1O[C@H](CO)[C@@H](O)[C@H](O)[C@H]1O. The maximum absolute atomic E-state index is 11.8. The molecular formula is C14H18O7. The van der Waals surface area contributed by atoms with E-state index in [0.29, 0.717) is 5.56 Å². The van der Waals surface area contributed by atoms with Crippen molar-refractivity contribution in [3.05, 3.63) is 35.4 Å². The molecule has 5 atom stereocenters. The van der Waals surface area contributed by atoms with E-state index in [-0.39, 0.29) is 5.56 Å². The largest absolute Gasteiger partial charge is 0.465 e. The van der Waals surface area contributed by atoms with E-state index >= 15 is 0 Å². The van der Waals surface area contributed by atoms with Crippen LogP contribution in [-0.4, -0.2) is 64.5 Å². The smallest absolute Gasteiger partial charge is 0.338 e. The number of carbonyl (C=O) groups excluding carboxylic acids is 1. The van der Waals surface area contributed by atoms with Crippen LogP contribution < -0.4 is 0 Å². The molecule has 1 saturated heterocycles. The Morgan fingerprint density at radius 2 is 1.86 bits per heavy atom. The summed E-state index contributed by atoms with van der Waals surface area (Å²) in [6.07, 6.45) is -6.46. The minimum Gasteiger partial charge on any atom is -0.465 e. The van der Waals surface area contributed by atoms with E-state index in [1.807, 2.05) is 0 Å². The molecule has 2 rings (SSSR count). The van der Waals surface area contributed by atoms with Crippen molar-refractivity contribution in [2.75, 3.05) is 13.7 Å². The molecule has 0 bridgehead atoms. The maximum atomic E-state index is 11.8. The Labute approximate surface area is 121 Å².